The molecule has 30 heavy (non-hydrogen) atoms. The number of halogens is 1. The molecule has 1 aromatic heterocycles. The maximum absolute atomic E-state index is 12.1. The van der Waals surface area contributed by atoms with Crippen LogP contribution in [-0.4, -0.2) is 31.8 Å². The molecule has 5 N–H and O–H groups in total. The Morgan fingerprint density at radius 1 is 1.23 bits per heavy atom. The lowest BCUT2D eigenvalue weighted by Gasteiger charge is -2.15. The molecule has 2 amide bonds. The Labute approximate surface area is 182 Å². The summed E-state index contributed by atoms with van der Waals surface area (Å²) in [5.41, 5.74) is 7.30. The Bertz CT molecular complexity index is 1210. The maximum Gasteiger partial charge on any atom is 0.338 e. The zero-order chi connectivity index (χ0) is 22.1. The van der Waals surface area contributed by atoms with Gasteiger partial charge in [0.2, 0.25) is 10.0 Å². The standard InChI is InChI=1S/C19H18ClN3O5S2/c1-28-15-7-6-11(8-14(15)20)18-13(10-29-16(18)9-23(25)19(21)24)12-4-2-3-5-17(12)30(22,26)27/h2-8,10,25H,9H2,1H3,(H2,21,24)(H2,22,26,27). The van der Waals surface area contributed by atoms with Crippen molar-refractivity contribution in [3.8, 4) is 28.0 Å². The quantitative estimate of drug-likeness (QED) is 0.375. The van der Waals surface area contributed by atoms with Gasteiger partial charge >= 0.3 is 6.03 Å². The molecule has 3 rings (SSSR count). The van der Waals surface area contributed by atoms with E-state index in [2.05, 4.69) is 0 Å². The molecule has 0 spiro atoms. The van der Waals surface area contributed by atoms with Crippen molar-refractivity contribution in [3.05, 3.63) is 57.7 Å². The lowest BCUT2D eigenvalue weighted by molar-refractivity contribution is -0.0461. The summed E-state index contributed by atoms with van der Waals surface area (Å²) in [7, 11) is -2.51. The molecule has 3 aromatic rings. The summed E-state index contributed by atoms with van der Waals surface area (Å²) in [5.74, 6) is 0.463. The van der Waals surface area contributed by atoms with E-state index in [9.17, 15) is 18.4 Å². The third kappa shape index (κ3) is 4.42. The number of primary sulfonamides is 1. The zero-order valence-electron chi connectivity index (χ0n) is 15.7. The third-order valence-electron chi connectivity index (χ3n) is 4.34. The number of nitrogens with two attached hydrogens (primary N) is 2. The number of nitrogens with zero attached hydrogens (tertiary/aromatic N) is 1. The highest BCUT2D eigenvalue weighted by Gasteiger charge is 2.23. The molecule has 0 radical (unpaired) electrons. The number of carbonyl (C=O) groups excluding carboxylic acids is 1. The molecule has 0 aliphatic carbocycles. The van der Waals surface area contributed by atoms with Crippen LogP contribution in [0.1, 0.15) is 4.88 Å². The Balaban J connectivity index is 2.27. The summed E-state index contributed by atoms with van der Waals surface area (Å²) in [6, 6.07) is 10.3. The fourth-order valence-electron chi connectivity index (χ4n) is 3.00. The van der Waals surface area contributed by atoms with Crippen LogP contribution in [0.2, 0.25) is 5.02 Å². The van der Waals surface area contributed by atoms with E-state index in [-0.39, 0.29) is 11.4 Å². The Morgan fingerprint density at radius 3 is 2.53 bits per heavy atom. The highest BCUT2D eigenvalue weighted by molar-refractivity contribution is 7.89. The third-order valence-corrected chi connectivity index (χ3v) is 6.57. The van der Waals surface area contributed by atoms with Gasteiger partial charge in [0.05, 0.1) is 23.6 Å². The van der Waals surface area contributed by atoms with Gasteiger partial charge in [-0.3, -0.25) is 5.21 Å². The van der Waals surface area contributed by atoms with Gasteiger partial charge in [0.1, 0.15) is 5.75 Å². The summed E-state index contributed by atoms with van der Waals surface area (Å²) in [4.78, 5) is 11.8. The molecule has 0 atom stereocenters. The number of carbonyl (C=O) groups is 1. The molecule has 0 bridgehead atoms. The first-order valence-corrected chi connectivity index (χ1v) is 11.3. The van der Waals surface area contributed by atoms with Crippen LogP contribution in [0.25, 0.3) is 22.3 Å². The highest BCUT2D eigenvalue weighted by atomic mass is 35.5. The number of amides is 2. The van der Waals surface area contributed by atoms with Crippen molar-refractivity contribution in [2.24, 2.45) is 10.9 Å². The lowest BCUT2D eigenvalue weighted by Crippen LogP contribution is -2.31. The Morgan fingerprint density at radius 2 is 1.93 bits per heavy atom. The molecule has 158 valence electrons. The molecule has 0 saturated carbocycles. The molecule has 11 heteroatoms. The SMILES string of the molecule is COc1ccc(-c2c(-c3ccccc3S(N)(=O)=O)csc2CN(O)C(N)=O)cc1Cl. The number of sulfonamides is 1. The second-order valence-electron chi connectivity index (χ2n) is 6.23. The van der Waals surface area contributed by atoms with Crippen LogP contribution in [0.3, 0.4) is 0 Å². The first-order chi connectivity index (χ1) is 14.1. The molecule has 8 nitrogen and oxygen atoms in total. The van der Waals surface area contributed by atoms with Crippen LogP contribution >= 0.6 is 22.9 Å². The van der Waals surface area contributed by atoms with E-state index in [1.54, 1.807) is 41.8 Å². The van der Waals surface area contributed by atoms with Crippen LogP contribution in [0, 0.1) is 0 Å². The van der Waals surface area contributed by atoms with Gasteiger partial charge in [-0.15, -0.1) is 11.3 Å². The predicted molar refractivity (Wildman–Crippen MR) is 115 cm³/mol. The Kier molecular flexibility index (Phi) is 6.34. The Hall–Kier alpha value is -2.63. The van der Waals surface area contributed by atoms with E-state index in [0.717, 1.165) is 0 Å². The number of methoxy groups -OCH3 is 1. The summed E-state index contributed by atoms with van der Waals surface area (Å²) in [6.07, 6.45) is 0. The van der Waals surface area contributed by atoms with Crippen molar-refractivity contribution in [1.29, 1.82) is 0 Å². The molecule has 1 heterocycles. The van der Waals surface area contributed by atoms with Gasteiger partial charge in [0.25, 0.3) is 0 Å². The molecule has 0 aliphatic rings. The number of hydroxylamine groups is 2. The van der Waals surface area contributed by atoms with Crippen LogP contribution < -0.4 is 15.6 Å². The van der Waals surface area contributed by atoms with E-state index in [0.29, 0.717) is 43.0 Å². The second-order valence-corrected chi connectivity index (χ2v) is 9.14. The smallest absolute Gasteiger partial charge is 0.338 e. The van der Waals surface area contributed by atoms with Crippen LogP contribution in [0.4, 0.5) is 4.79 Å². The van der Waals surface area contributed by atoms with E-state index < -0.39 is 16.1 Å². The van der Waals surface area contributed by atoms with Crippen molar-refractivity contribution in [2.45, 2.75) is 11.4 Å². The fourth-order valence-corrected chi connectivity index (χ4v) is 5.06. The minimum Gasteiger partial charge on any atom is -0.495 e. The van der Waals surface area contributed by atoms with Crippen molar-refractivity contribution in [2.75, 3.05) is 7.11 Å². The van der Waals surface area contributed by atoms with Crippen molar-refractivity contribution in [1.82, 2.24) is 5.06 Å². The first kappa shape index (κ1) is 22.1. The summed E-state index contributed by atoms with van der Waals surface area (Å²) in [6.45, 7) is -0.198. The molecule has 0 aliphatic heterocycles. The number of primary amides is 1. The van der Waals surface area contributed by atoms with E-state index in [4.69, 9.17) is 27.2 Å². The van der Waals surface area contributed by atoms with Crippen molar-refractivity contribution >= 4 is 39.0 Å². The van der Waals surface area contributed by atoms with Gasteiger partial charge in [-0.05, 0) is 29.1 Å². The summed E-state index contributed by atoms with van der Waals surface area (Å²) < 4.78 is 29.4. The van der Waals surface area contributed by atoms with Gasteiger partial charge in [0, 0.05) is 21.6 Å². The lowest BCUT2D eigenvalue weighted by atomic mass is 9.96. The van der Waals surface area contributed by atoms with Crippen molar-refractivity contribution in [3.63, 3.8) is 0 Å². The number of hydrogen-bond acceptors (Lipinski definition) is 6. The van der Waals surface area contributed by atoms with Crippen LogP contribution in [-0.2, 0) is 16.6 Å². The summed E-state index contributed by atoms with van der Waals surface area (Å²) in [5, 5.41) is 17.7. The number of benzene rings is 2. The predicted octanol–water partition coefficient (Wildman–Crippen LogP) is 3.66. The average molecular weight is 468 g/mol. The van der Waals surface area contributed by atoms with Gasteiger partial charge in [-0.2, -0.15) is 0 Å². The van der Waals surface area contributed by atoms with Crippen LogP contribution in [0.5, 0.6) is 5.75 Å². The minimum atomic E-state index is -4.00. The van der Waals surface area contributed by atoms with E-state index >= 15 is 0 Å². The minimum absolute atomic E-state index is 0.0500. The monoisotopic (exact) mass is 467 g/mol. The van der Waals surface area contributed by atoms with Gasteiger partial charge in [0.15, 0.2) is 0 Å². The van der Waals surface area contributed by atoms with Crippen LogP contribution in [0.15, 0.2) is 52.7 Å². The number of ether oxygens (including phenoxy) is 1. The highest BCUT2D eigenvalue weighted by Crippen LogP contribution is 2.43. The fraction of sp³-hybridized carbons (Fsp3) is 0.105. The van der Waals surface area contributed by atoms with Gasteiger partial charge in [-0.1, -0.05) is 35.9 Å². The normalized spacial score (nSPS) is 11.3. The van der Waals surface area contributed by atoms with E-state index in [1.165, 1.54) is 24.5 Å². The second kappa shape index (κ2) is 8.62. The number of rotatable bonds is 6. The number of thiophene rings is 1. The van der Waals surface area contributed by atoms with Crippen molar-refractivity contribution < 1.29 is 23.2 Å². The van der Waals surface area contributed by atoms with Gasteiger partial charge in [-0.25, -0.2) is 23.4 Å². The first-order valence-electron chi connectivity index (χ1n) is 8.45. The van der Waals surface area contributed by atoms with E-state index in [1.807, 2.05) is 0 Å². The molecule has 2 aromatic carbocycles. The zero-order valence-corrected chi connectivity index (χ0v) is 18.1. The molecule has 0 saturated heterocycles. The largest absolute Gasteiger partial charge is 0.495 e. The molecule has 0 unspecified atom stereocenters. The summed E-state index contributed by atoms with van der Waals surface area (Å²) >= 11 is 7.51. The molecular weight excluding hydrogens is 450 g/mol. The van der Waals surface area contributed by atoms with Gasteiger partial charge < -0.3 is 10.5 Å². The number of urea groups is 1. The number of hydrogen-bond donors (Lipinski definition) is 3. The maximum atomic E-state index is 12.1. The molecule has 0 fully saturated rings. The molecular formula is C19H18ClN3O5S2. The topological polar surface area (TPSA) is 136 Å². The average Bonchev–Trinajstić information content (AvgIpc) is 3.10.